The molecule has 0 aromatic rings. The molecular weight excluding hydrogens is 324 g/mol. The summed E-state index contributed by atoms with van der Waals surface area (Å²) in [4.78, 5) is 17.4. The lowest BCUT2D eigenvalue weighted by Crippen LogP contribution is -2.47. The van der Waals surface area contributed by atoms with Crippen LogP contribution in [-0.2, 0) is 4.79 Å². The van der Waals surface area contributed by atoms with Gasteiger partial charge in [-0.05, 0) is 82.5 Å². The van der Waals surface area contributed by atoms with Crippen LogP contribution >= 0.6 is 0 Å². The van der Waals surface area contributed by atoms with Crippen LogP contribution in [-0.4, -0.2) is 37.0 Å². The number of amides is 1. The van der Waals surface area contributed by atoms with E-state index in [1.165, 1.54) is 38.5 Å². The molecule has 0 bridgehead atoms. The second-order valence-electron chi connectivity index (χ2n) is 9.05. The summed E-state index contributed by atoms with van der Waals surface area (Å²) in [6, 6.07) is 0.841. The zero-order chi connectivity index (χ0) is 17.9. The summed E-state index contributed by atoms with van der Waals surface area (Å²) in [6.07, 6.45) is 12.3. The summed E-state index contributed by atoms with van der Waals surface area (Å²) in [7, 11) is 0. The van der Waals surface area contributed by atoms with Crippen molar-refractivity contribution >= 4 is 11.9 Å². The first-order valence-corrected chi connectivity index (χ1v) is 11.1. The van der Waals surface area contributed by atoms with Gasteiger partial charge in [-0.15, -0.1) is 0 Å². The van der Waals surface area contributed by atoms with E-state index in [4.69, 9.17) is 4.99 Å². The van der Waals surface area contributed by atoms with Crippen molar-refractivity contribution in [3.8, 4) is 0 Å². The summed E-state index contributed by atoms with van der Waals surface area (Å²) in [5.41, 5.74) is 0. The topological polar surface area (TPSA) is 65.5 Å². The largest absolute Gasteiger partial charge is 0.357 e. The summed E-state index contributed by atoms with van der Waals surface area (Å²) in [6.45, 7) is 3.99. The van der Waals surface area contributed by atoms with Gasteiger partial charge in [0.2, 0.25) is 5.91 Å². The molecule has 0 saturated heterocycles. The molecular formula is C21H36N4O. The SMILES string of the molecule is CCNC(=NCC(C1CC1)C1CC1)NC1CCCC(C(=O)NC2CC2)C1. The third-order valence-electron chi connectivity index (χ3n) is 6.57. The minimum Gasteiger partial charge on any atom is -0.357 e. The highest BCUT2D eigenvalue weighted by atomic mass is 16.2. The first kappa shape index (κ1) is 18.1. The van der Waals surface area contributed by atoms with E-state index in [1.54, 1.807) is 0 Å². The van der Waals surface area contributed by atoms with Crippen molar-refractivity contribution in [3.63, 3.8) is 0 Å². The average Bonchev–Trinajstić information content (AvgIpc) is 3.45. The number of nitrogens with zero attached hydrogens (tertiary/aromatic N) is 1. The Morgan fingerprint density at radius 2 is 1.69 bits per heavy atom. The zero-order valence-corrected chi connectivity index (χ0v) is 16.3. The Bertz CT molecular complexity index is 510. The molecule has 0 heterocycles. The molecule has 0 aromatic heterocycles. The number of hydrogen-bond acceptors (Lipinski definition) is 2. The number of hydrogen-bond donors (Lipinski definition) is 3. The Kier molecular flexibility index (Phi) is 5.70. The number of rotatable bonds is 8. The summed E-state index contributed by atoms with van der Waals surface area (Å²) < 4.78 is 0. The van der Waals surface area contributed by atoms with Gasteiger partial charge in [-0.2, -0.15) is 0 Å². The maximum Gasteiger partial charge on any atom is 0.223 e. The van der Waals surface area contributed by atoms with Gasteiger partial charge in [0.1, 0.15) is 0 Å². The molecule has 3 N–H and O–H groups in total. The predicted molar refractivity (Wildman–Crippen MR) is 105 cm³/mol. The zero-order valence-electron chi connectivity index (χ0n) is 16.3. The molecule has 1 amide bonds. The first-order chi connectivity index (χ1) is 12.7. The van der Waals surface area contributed by atoms with Crippen molar-refractivity contribution in [1.29, 1.82) is 0 Å². The molecule has 2 atom stereocenters. The molecule has 4 rings (SSSR count). The Labute approximate surface area is 158 Å². The second-order valence-corrected chi connectivity index (χ2v) is 9.05. The molecule has 4 aliphatic carbocycles. The Hall–Kier alpha value is -1.26. The highest BCUT2D eigenvalue weighted by Crippen LogP contribution is 2.49. The summed E-state index contributed by atoms with van der Waals surface area (Å²) >= 11 is 0. The molecule has 0 spiro atoms. The van der Waals surface area contributed by atoms with Crippen molar-refractivity contribution in [2.24, 2.45) is 28.7 Å². The lowest BCUT2D eigenvalue weighted by Gasteiger charge is -2.30. The van der Waals surface area contributed by atoms with Gasteiger partial charge < -0.3 is 16.0 Å². The maximum absolute atomic E-state index is 12.4. The minimum atomic E-state index is 0.176. The van der Waals surface area contributed by atoms with E-state index in [0.29, 0.717) is 12.1 Å². The van der Waals surface area contributed by atoms with Crippen molar-refractivity contribution in [1.82, 2.24) is 16.0 Å². The average molecular weight is 361 g/mol. The fraction of sp³-hybridized carbons (Fsp3) is 0.905. The molecule has 4 saturated carbocycles. The van der Waals surface area contributed by atoms with Crippen molar-refractivity contribution in [2.45, 2.75) is 83.2 Å². The van der Waals surface area contributed by atoms with Gasteiger partial charge in [-0.25, -0.2) is 0 Å². The van der Waals surface area contributed by atoms with E-state index in [1.807, 2.05) is 0 Å². The van der Waals surface area contributed by atoms with Crippen LogP contribution in [0.5, 0.6) is 0 Å². The monoisotopic (exact) mass is 360 g/mol. The molecule has 0 radical (unpaired) electrons. The standard InChI is InChI=1S/C21H36N4O/c1-2-22-21(23-13-19(14-6-7-14)15-8-9-15)25-18-5-3-4-16(12-18)20(26)24-17-10-11-17/h14-19H,2-13H2,1H3,(H,24,26)(H2,22,23,25). The number of carbonyl (C=O) groups is 1. The van der Waals surface area contributed by atoms with E-state index in [0.717, 1.165) is 62.5 Å². The fourth-order valence-electron chi connectivity index (χ4n) is 4.55. The molecule has 26 heavy (non-hydrogen) atoms. The van der Waals surface area contributed by atoms with Crippen molar-refractivity contribution in [2.75, 3.05) is 13.1 Å². The van der Waals surface area contributed by atoms with Crippen LogP contribution in [0.4, 0.5) is 0 Å². The molecule has 4 aliphatic rings. The Balaban J connectivity index is 1.29. The molecule has 0 aromatic carbocycles. The fourth-order valence-corrected chi connectivity index (χ4v) is 4.55. The van der Waals surface area contributed by atoms with Gasteiger partial charge >= 0.3 is 0 Å². The lowest BCUT2D eigenvalue weighted by molar-refractivity contribution is -0.126. The van der Waals surface area contributed by atoms with Crippen LogP contribution in [0, 0.1) is 23.7 Å². The van der Waals surface area contributed by atoms with Gasteiger partial charge in [0.05, 0.1) is 0 Å². The van der Waals surface area contributed by atoms with Gasteiger partial charge in [-0.3, -0.25) is 9.79 Å². The van der Waals surface area contributed by atoms with Gasteiger partial charge in [0, 0.05) is 31.1 Å². The van der Waals surface area contributed by atoms with Gasteiger partial charge in [-0.1, -0.05) is 6.42 Å². The van der Waals surface area contributed by atoms with E-state index in [9.17, 15) is 4.79 Å². The van der Waals surface area contributed by atoms with Crippen LogP contribution in [0.2, 0.25) is 0 Å². The van der Waals surface area contributed by atoms with Crippen molar-refractivity contribution < 1.29 is 4.79 Å². The van der Waals surface area contributed by atoms with Crippen LogP contribution in [0.25, 0.3) is 0 Å². The number of aliphatic imine (C=N–C) groups is 1. The minimum absolute atomic E-state index is 0.176. The molecule has 4 fully saturated rings. The Morgan fingerprint density at radius 1 is 0.962 bits per heavy atom. The number of carbonyl (C=O) groups excluding carboxylic acids is 1. The van der Waals surface area contributed by atoms with Crippen LogP contribution in [0.3, 0.4) is 0 Å². The summed E-state index contributed by atoms with van der Waals surface area (Å²) in [5.74, 6) is 4.12. The van der Waals surface area contributed by atoms with E-state index in [-0.39, 0.29) is 11.8 Å². The molecule has 0 aliphatic heterocycles. The highest BCUT2D eigenvalue weighted by molar-refractivity contribution is 5.81. The highest BCUT2D eigenvalue weighted by Gasteiger charge is 2.41. The second kappa shape index (κ2) is 8.18. The van der Waals surface area contributed by atoms with Gasteiger partial charge in [0.25, 0.3) is 0 Å². The molecule has 146 valence electrons. The smallest absolute Gasteiger partial charge is 0.223 e. The molecule has 5 heteroatoms. The van der Waals surface area contributed by atoms with Crippen LogP contribution < -0.4 is 16.0 Å². The Morgan fingerprint density at radius 3 is 2.31 bits per heavy atom. The number of nitrogens with one attached hydrogen (secondary N) is 3. The molecule has 5 nitrogen and oxygen atoms in total. The van der Waals surface area contributed by atoms with Gasteiger partial charge in [0.15, 0.2) is 5.96 Å². The van der Waals surface area contributed by atoms with E-state index < -0.39 is 0 Å². The van der Waals surface area contributed by atoms with Crippen LogP contribution in [0.15, 0.2) is 4.99 Å². The van der Waals surface area contributed by atoms with Crippen LogP contribution in [0.1, 0.15) is 71.1 Å². The maximum atomic E-state index is 12.4. The molecule has 2 unspecified atom stereocenters. The predicted octanol–water partition coefficient (Wildman–Crippen LogP) is 2.82. The first-order valence-electron chi connectivity index (χ1n) is 11.1. The number of guanidine groups is 1. The summed E-state index contributed by atoms with van der Waals surface area (Å²) in [5, 5.41) is 10.3. The third-order valence-corrected chi connectivity index (χ3v) is 6.57. The third kappa shape index (κ3) is 5.14. The van der Waals surface area contributed by atoms with Crippen molar-refractivity contribution in [3.05, 3.63) is 0 Å². The van der Waals surface area contributed by atoms with E-state index >= 15 is 0 Å². The normalized spacial score (nSPS) is 29.5. The lowest BCUT2D eigenvalue weighted by atomic mass is 9.85. The van der Waals surface area contributed by atoms with E-state index in [2.05, 4.69) is 22.9 Å². The quantitative estimate of drug-likeness (QED) is 0.461.